The molecule has 0 aliphatic rings. The zero-order valence-electron chi connectivity index (χ0n) is 20.5. The van der Waals surface area contributed by atoms with Crippen LogP contribution >= 0.6 is 34.8 Å². The fourth-order valence-electron chi connectivity index (χ4n) is 4.04. The monoisotopic (exact) mass is 605 g/mol. The third kappa shape index (κ3) is 5.23. The van der Waals surface area contributed by atoms with E-state index in [0.29, 0.717) is 32.8 Å². The van der Waals surface area contributed by atoms with Gasteiger partial charge in [-0.15, -0.1) is 0 Å². The minimum atomic E-state index is -0.573. The lowest BCUT2D eigenvalue weighted by Gasteiger charge is -2.10. The summed E-state index contributed by atoms with van der Waals surface area (Å²) in [4.78, 5) is 32.3. The first-order valence-corrected chi connectivity index (χ1v) is 12.9. The number of pyridine rings is 1. The molecule has 0 amide bonds. The first-order chi connectivity index (χ1) is 19.8. The van der Waals surface area contributed by atoms with Gasteiger partial charge in [0.1, 0.15) is 11.8 Å². The fraction of sp³-hybridized carbons (Fsp3) is 0. The number of hydrogen-bond acceptors (Lipinski definition) is 8. The van der Waals surface area contributed by atoms with Crippen LogP contribution in [0.25, 0.3) is 33.5 Å². The summed E-state index contributed by atoms with van der Waals surface area (Å²) >= 11 is 19.0. The summed E-state index contributed by atoms with van der Waals surface area (Å²) in [6, 6.07) is 19.4. The van der Waals surface area contributed by atoms with Crippen LogP contribution in [0.5, 0.6) is 11.6 Å². The number of para-hydroxylation sites is 1. The maximum atomic E-state index is 13.5. The second-order valence-electron chi connectivity index (χ2n) is 8.63. The molecule has 0 aliphatic heterocycles. The quantitative estimate of drug-likeness (QED) is 0.108. The lowest BCUT2D eigenvalue weighted by Crippen LogP contribution is -2.20. The summed E-state index contributed by atoms with van der Waals surface area (Å²) in [5, 5.41) is 17.2. The molecule has 3 aromatic heterocycles. The van der Waals surface area contributed by atoms with Crippen molar-refractivity contribution in [1.29, 1.82) is 0 Å². The van der Waals surface area contributed by atoms with E-state index in [-0.39, 0.29) is 33.2 Å². The highest BCUT2D eigenvalue weighted by Crippen LogP contribution is 2.37. The van der Waals surface area contributed by atoms with E-state index in [1.54, 1.807) is 48.5 Å². The van der Waals surface area contributed by atoms with Gasteiger partial charge in [0.25, 0.3) is 11.2 Å². The Morgan fingerprint density at radius 3 is 2.51 bits per heavy atom. The van der Waals surface area contributed by atoms with Gasteiger partial charge in [0.2, 0.25) is 11.7 Å². The van der Waals surface area contributed by atoms with E-state index in [1.165, 1.54) is 30.5 Å². The van der Waals surface area contributed by atoms with Crippen molar-refractivity contribution in [2.45, 2.75) is 0 Å². The second kappa shape index (κ2) is 10.7. The highest BCUT2D eigenvalue weighted by Gasteiger charge is 2.17. The standard InChI is InChI=1S/C28H14Cl3N5O5/c29-17-5-7-23-16(11-17)12-24(40-23)27-34-22-4-2-1-3-19(22)28(37)35(27)33-13-15-9-20(30)26(21(31)10-15)41-25-8-6-18(14-32-25)36(38)39/h1-14H. The summed E-state index contributed by atoms with van der Waals surface area (Å²) in [6.07, 6.45) is 2.45. The number of furan rings is 1. The van der Waals surface area contributed by atoms with Crippen molar-refractivity contribution in [2.75, 3.05) is 0 Å². The van der Waals surface area contributed by atoms with Gasteiger partial charge in [0, 0.05) is 22.5 Å². The normalized spacial score (nSPS) is 11.5. The summed E-state index contributed by atoms with van der Waals surface area (Å²) < 4.78 is 12.8. The molecule has 0 radical (unpaired) electrons. The SMILES string of the molecule is O=c1c2ccccc2nc(-c2cc3cc(Cl)ccc3o2)n1N=Cc1cc(Cl)c(Oc2ccc([N+](=O)[O-])cn2)c(Cl)c1. The van der Waals surface area contributed by atoms with Crippen LogP contribution in [0, 0.1) is 10.1 Å². The van der Waals surface area contributed by atoms with Crippen LogP contribution in [0.3, 0.4) is 0 Å². The maximum Gasteiger partial charge on any atom is 0.287 e. The van der Waals surface area contributed by atoms with Crippen LogP contribution in [-0.4, -0.2) is 25.8 Å². The molecular formula is C28H14Cl3N5O5. The molecule has 202 valence electrons. The molecule has 6 rings (SSSR count). The minimum Gasteiger partial charge on any atom is -0.453 e. The van der Waals surface area contributed by atoms with E-state index in [0.717, 1.165) is 16.3 Å². The number of rotatable bonds is 6. The molecule has 0 saturated carbocycles. The predicted molar refractivity (Wildman–Crippen MR) is 157 cm³/mol. The molecule has 0 fully saturated rings. The molecule has 3 aromatic carbocycles. The summed E-state index contributed by atoms with van der Waals surface area (Å²) in [5.74, 6) is 0.653. The first-order valence-electron chi connectivity index (χ1n) is 11.8. The van der Waals surface area contributed by atoms with Gasteiger partial charge in [-0.05, 0) is 54.1 Å². The number of nitro groups is 1. The zero-order chi connectivity index (χ0) is 28.7. The molecule has 0 aliphatic carbocycles. The summed E-state index contributed by atoms with van der Waals surface area (Å²) in [5.41, 5.74) is 0.891. The molecule has 0 saturated heterocycles. The second-order valence-corrected chi connectivity index (χ2v) is 9.89. The fourth-order valence-corrected chi connectivity index (χ4v) is 4.80. The number of benzene rings is 3. The molecule has 10 nitrogen and oxygen atoms in total. The van der Waals surface area contributed by atoms with Gasteiger partial charge in [0.05, 0.1) is 32.1 Å². The number of fused-ring (bicyclic) bond motifs is 2. The van der Waals surface area contributed by atoms with Crippen LogP contribution < -0.4 is 10.3 Å². The van der Waals surface area contributed by atoms with Crippen LogP contribution in [-0.2, 0) is 0 Å². The van der Waals surface area contributed by atoms with E-state index < -0.39 is 10.5 Å². The van der Waals surface area contributed by atoms with E-state index >= 15 is 0 Å². The predicted octanol–water partition coefficient (Wildman–Crippen LogP) is 7.75. The summed E-state index contributed by atoms with van der Waals surface area (Å²) in [6.45, 7) is 0. The average Bonchev–Trinajstić information content (AvgIpc) is 3.38. The van der Waals surface area contributed by atoms with Gasteiger partial charge >= 0.3 is 0 Å². The lowest BCUT2D eigenvalue weighted by atomic mass is 10.2. The highest BCUT2D eigenvalue weighted by molar-refractivity contribution is 6.37. The van der Waals surface area contributed by atoms with E-state index in [9.17, 15) is 14.9 Å². The Bertz CT molecular complexity index is 2050. The molecule has 41 heavy (non-hydrogen) atoms. The Morgan fingerprint density at radius 2 is 1.78 bits per heavy atom. The van der Waals surface area contributed by atoms with Crippen molar-refractivity contribution in [2.24, 2.45) is 5.10 Å². The van der Waals surface area contributed by atoms with Crippen molar-refractivity contribution in [3.63, 3.8) is 0 Å². The van der Waals surface area contributed by atoms with Gasteiger partial charge in [-0.2, -0.15) is 9.78 Å². The lowest BCUT2D eigenvalue weighted by molar-refractivity contribution is -0.385. The Labute approximate surface area is 245 Å². The molecule has 0 bridgehead atoms. The molecule has 0 spiro atoms. The van der Waals surface area contributed by atoms with Gasteiger partial charge in [0.15, 0.2) is 11.5 Å². The zero-order valence-corrected chi connectivity index (χ0v) is 22.8. The van der Waals surface area contributed by atoms with Crippen molar-refractivity contribution >= 4 is 68.6 Å². The number of ether oxygens (including phenoxy) is 1. The Hall–Kier alpha value is -4.77. The van der Waals surface area contributed by atoms with Crippen molar-refractivity contribution in [3.8, 4) is 23.2 Å². The average molecular weight is 607 g/mol. The van der Waals surface area contributed by atoms with Crippen LogP contribution in [0.15, 0.2) is 93.3 Å². The molecule has 3 heterocycles. The molecule has 0 unspecified atom stereocenters. The van der Waals surface area contributed by atoms with E-state index in [4.69, 9.17) is 44.0 Å². The third-order valence-electron chi connectivity index (χ3n) is 5.93. The Balaban J connectivity index is 1.39. The van der Waals surface area contributed by atoms with Crippen molar-refractivity contribution < 1.29 is 14.1 Å². The van der Waals surface area contributed by atoms with Crippen molar-refractivity contribution in [1.82, 2.24) is 14.6 Å². The number of hydrogen-bond donors (Lipinski definition) is 0. The third-order valence-corrected chi connectivity index (χ3v) is 6.73. The van der Waals surface area contributed by atoms with Crippen LogP contribution in [0.1, 0.15) is 5.56 Å². The number of nitrogens with zero attached hydrogens (tertiary/aromatic N) is 5. The Kier molecular flexibility index (Phi) is 6.88. The highest BCUT2D eigenvalue weighted by atomic mass is 35.5. The molecule has 6 aromatic rings. The van der Waals surface area contributed by atoms with Crippen molar-refractivity contribution in [3.05, 3.63) is 120 Å². The minimum absolute atomic E-state index is 0.0615. The topological polar surface area (TPSA) is 126 Å². The molecule has 13 heteroatoms. The number of aromatic nitrogens is 3. The van der Waals surface area contributed by atoms with Crippen LogP contribution in [0.2, 0.25) is 15.1 Å². The van der Waals surface area contributed by atoms with Gasteiger partial charge in [-0.3, -0.25) is 14.9 Å². The Morgan fingerprint density at radius 1 is 1.00 bits per heavy atom. The van der Waals surface area contributed by atoms with E-state index in [1.807, 2.05) is 0 Å². The van der Waals surface area contributed by atoms with Crippen LogP contribution in [0.4, 0.5) is 5.69 Å². The smallest absolute Gasteiger partial charge is 0.287 e. The summed E-state index contributed by atoms with van der Waals surface area (Å²) in [7, 11) is 0. The first kappa shape index (κ1) is 26.5. The maximum absolute atomic E-state index is 13.5. The van der Waals surface area contributed by atoms with Gasteiger partial charge in [-0.1, -0.05) is 46.9 Å². The molecular weight excluding hydrogens is 593 g/mol. The molecule has 0 N–H and O–H groups in total. The number of halogens is 3. The molecule has 0 atom stereocenters. The van der Waals surface area contributed by atoms with E-state index in [2.05, 4.69) is 15.1 Å². The van der Waals surface area contributed by atoms with Gasteiger partial charge in [-0.25, -0.2) is 9.97 Å². The largest absolute Gasteiger partial charge is 0.453 e. The van der Waals surface area contributed by atoms with Gasteiger partial charge < -0.3 is 9.15 Å².